The van der Waals surface area contributed by atoms with Crippen LogP contribution in [0.15, 0.2) is 29.3 Å². The SMILES string of the molecule is CC1(C)C=N[C@H]([C@H](C(=O)O)N2C(=O)c3ccccc3C2=O)S1. The second kappa shape index (κ2) is 4.95. The number of carbonyl (C=O) groups excluding carboxylic acids is 2. The molecular weight excluding hydrogens is 304 g/mol. The van der Waals surface area contributed by atoms with E-state index in [4.69, 9.17) is 0 Å². The highest BCUT2D eigenvalue weighted by atomic mass is 32.2. The molecule has 2 atom stereocenters. The van der Waals surface area contributed by atoms with Gasteiger partial charge in [0, 0.05) is 11.0 Å². The van der Waals surface area contributed by atoms with E-state index in [1.165, 1.54) is 23.9 Å². The van der Waals surface area contributed by atoms with Crippen LogP contribution in [0.5, 0.6) is 0 Å². The zero-order chi connectivity index (χ0) is 16.1. The van der Waals surface area contributed by atoms with Crippen LogP contribution >= 0.6 is 11.8 Å². The molecule has 1 N–H and O–H groups in total. The van der Waals surface area contributed by atoms with Crippen LogP contribution in [0.25, 0.3) is 0 Å². The zero-order valence-electron chi connectivity index (χ0n) is 12.0. The van der Waals surface area contributed by atoms with E-state index in [2.05, 4.69) is 4.99 Å². The van der Waals surface area contributed by atoms with Gasteiger partial charge in [-0.15, -0.1) is 11.8 Å². The summed E-state index contributed by atoms with van der Waals surface area (Å²) in [6.45, 7) is 3.81. The normalized spacial score (nSPS) is 23.7. The molecule has 0 aliphatic carbocycles. The molecule has 22 heavy (non-hydrogen) atoms. The van der Waals surface area contributed by atoms with Crippen molar-refractivity contribution in [3.8, 4) is 0 Å². The maximum absolute atomic E-state index is 12.5. The first-order valence-corrected chi connectivity index (χ1v) is 7.62. The van der Waals surface area contributed by atoms with Crippen molar-refractivity contribution in [3.63, 3.8) is 0 Å². The van der Waals surface area contributed by atoms with Crippen LogP contribution in [0.4, 0.5) is 0 Å². The summed E-state index contributed by atoms with van der Waals surface area (Å²) < 4.78 is -0.322. The standard InChI is InChI=1S/C15H14N2O4S/c1-15(2)7-16-11(22-15)10(14(20)21)17-12(18)8-5-3-4-6-9(8)13(17)19/h3-7,10-11H,1-2H3,(H,20,21)/t10-,11+/m1/s1. The van der Waals surface area contributed by atoms with Crippen LogP contribution in [-0.4, -0.2) is 50.2 Å². The number of carbonyl (C=O) groups is 3. The fraction of sp³-hybridized carbons (Fsp3) is 0.333. The Labute approximate surface area is 131 Å². The Morgan fingerprint density at radius 2 is 1.82 bits per heavy atom. The van der Waals surface area contributed by atoms with E-state index in [0.29, 0.717) is 0 Å². The van der Waals surface area contributed by atoms with Crippen molar-refractivity contribution < 1.29 is 19.5 Å². The van der Waals surface area contributed by atoms with Crippen molar-refractivity contribution in [3.05, 3.63) is 35.4 Å². The second-order valence-corrected chi connectivity index (χ2v) is 7.47. The van der Waals surface area contributed by atoms with Crippen LogP contribution < -0.4 is 0 Å². The summed E-state index contributed by atoms with van der Waals surface area (Å²) in [4.78, 5) is 41.6. The van der Waals surface area contributed by atoms with Gasteiger partial charge in [0.2, 0.25) is 0 Å². The number of nitrogens with zero attached hydrogens (tertiary/aromatic N) is 2. The van der Waals surface area contributed by atoms with Crippen molar-refractivity contribution in [2.24, 2.45) is 4.99 Å². The van der Waals surface area contributed by atoms with Crippen LogP contribution in [0, 0.1) is 0 Å². The Morgan fingerprint density at radius 1 is 1.27 bits per heavy atom. The van der Waals surface area contributed by atoms with E-state index in [1.54, 1.807) is 18.3 Å². The molecule has 1 aromatic rings. The van der Waals surface area contributed by atoms with Crippen LogP contribution in [0.2, 0.25) is 0 Å². The average molecular weight is 318 g/mol. The Kier molecular flexibility index (Phi) is 3.32. The van der Waals surface area contributed by atoms with Gasteiger partial charge >= 0.3 is 5.97 Å². The number of imide groups is 1. The summed E-state index contributed by atoms with van der Waals surface area (Å²) in [5, 5.41) is 8.85. The molecule has 2 amide bonds. The van der Waals surface area contributed by atoms with Gasteiger partial charge in [0.15, 0.2) is 6.04 Å². The molecule has 0 bridgehead atoms. The molecule has 114 valence electrons. The number of carboxylic acid groups (broad SMARTS) is 1. The molecule has 0 fully saturated rings. The van der Waals surface area contributed by atoms with Gasteiger partial charge in [0.25, 0.3) is 11.8 Å². The van der Waals surface area contributed by atoms with Crippen molar-refractivity contribution in [1.29, 1.82) is 0 Å². The summed E-state index contributed by atoms with van der Waals surface area (Å²) in [6, 6.07) is 5.05. The molecule has 0 spiro atoms. The lowest BCUT2D eigenvalue weighted by atomic mass is 10.1. The topological polar surface area (TPSA) is 87.0 Å². The molecule has 3 rings (SSSR count). The maximum Gasteiger partial charge on any atom is 0.330 e. The van der Waals surface area contributed by atoms with E-state index in [9.17, 15) is 19.5 Å². The molecule has 6 nitrogen and oxygen atoms in total. The lowest BCUT2D eigenvalue weighted by molar-refractivity contribution is -0.141. The Balaban J connectivity index is 1.98. The number of aliphatic imine (C=N–C) groups is 1. The fourth-order valence-electron chi connectivity index (χ4n) is 2.59. The van der Waals surface area contributed by atoms with Crippen LogP contribution in [-0.2, 0) is 4.79 Å². The van der Waals surface area contributed by atoms with Gasteiger partial charge in [0.05, 0.1) is 11.1 Å². The van der Waals surface area contributed by atoms with Gasteiger partial charge in [0.1, 0.15) is 5.37 Å². The first-order valence-electron chi connectivity index (χ1n) is 6.74. The van der Waals surface area contributed by atoms with Gasteiger partial charge in [-0.3, -0.25) is 19.5 Å². The number of rotatable bonds is 3. The summed E-state index contributed by atoms with van der Waals surface area (Å²) in [5.74, 6) is -2.39. The molecule has 0 aromatic heterocycles. The first kappa shape index (κ1) is 14.8. The number of aliphatic carboxylic acids is 1. The highest BCUT2D eigenvalue weighted by molar-refractivity contribution is 8.02. The molecule has 2 heterocycles. The number of carboxylic acids is 1. The van der Waals surface area contributed by atoms with E-state index in [-0.39, 0.29) is 15.9 Å². The monoisotopic (exact) mass is 318 g/mol. The number of amides is 2. The van der Waals surface area contributed by atoms with Crippen molar-refractivity contribution in [1.82, 2.24) is 4.90 Å². The number of thioether (sulfide) groups is 1. The third-order valence-electron chi connectivity index (χ3n) is 3.58. The van der Waals surface area contributed by atoms with Gasteiger partial charge in [-0.1, -0.05) is 12.1 Å². The van der Waals surface area contributed by atoms with Crippen molar-refractivity contribution in [2.75, 3.05) is 0 Å². The number of benzene rings is 1. The molecule has 0 saturated heterocycles. The van der Waals surface area contributed by atoms with Gasteiger partial charge in [-0.2, -0.15) is 0 Å². The van der Waals surface area contributed by atoms with Crippen molar-refractivity contribution >= 4 is 35.8 Å². The molecule has 7 heteroatoms. The summed E-state index contributed by atoms with van der Waals surface area (Å²) in [7, 11) is 0. The Hall–Kier alpha value is -2.15. The zero-order valence-corrected chi connectivity index (χ0v) is 12.8. The third-order valence-corrected chi connectivity index (χ3v) is 4.92. The molecule has 0 radical (unpaired) electrons. The van der Waals surface area contributed by atoms with E-state index in [1.807, 2.05) is 13.8 Å². The fourth-order valence-corrected chi connectivity index (χ4v) is 3.82. The summed E-state index contributed by atoms with van der Waals surface area (Å²) in [6.07, 6.45) is 1.66. The smallest absolute Gasteiger partial charge is 0.330 e. The van der Waals surface area contributed by atoms with Crippen LogP contribution in [0.3, 0.4) is 0 Å². The van der Waals surface area contributed by atoms with E-state index in [0.717, 1.165) is 4.90 Å². The summed E-state index contributed by atoms with van der Waals surface area (Å²) >= 11 is 1.32. The highest BCUT2D eigenvalue weighted by Gasteiger charge is 2.48. The predicted molar refractivity (Wildman–Crippen MR) is 82.3 cm³/mol. The quantitative estimate of drug-likeness (QED) is 0.856. The highest BCUT2D eigenvalue weighted by Crippen LogP contribution is 2.38. The van der Waals surface area contributed by atoms with Crippen LogP contribution in [0.1, 0.15) is 34.6 Å². The van der Waals surface area contributed by atoms with Gasteiger partial charge in [-0.25, -0.2) is 4.79 Å². The minimum atomic E-state index is -1.31. The molecular formula is C15H14N2O4S. The Bertz CT molecular complexity index is 678. The largest absolute Gasteiger partial charge is 0.480 e. The number of hydrogen-bond acceptors (Lipinski definition) is 5. The van der Waals surface area contributed by atoms with E-state index < -0.39 is 29.2 Å². The maximum atomic E-state index is 12.5. The molecule has 1 aromatic carbocycles. The third kappa shape index (κ3) is 2.21. The second-order valence-electron chi connectivity index (χ2n) is 5.70. The van der Waals surface area contributed by atoms with E-state index >= 15 is 0 Å². The van der Waals surface area contributed by atoms with Gasteiger partial charge < -0.3 is 5.11 Å². The first-order chi connectivity index (χ1) is 10.3. The summed E-state index contributed by atoms with van der Waals surface area (Å²) in [5.41, 5.74) is 0.481. The molecule has 2 aliphatic heterocycles. The molecule has 0 saturated carbocycles. The number of fused-ring (bicyclic) bond motifs is 1. The van der Waals surface area contributed by atoms with Gasteiger partial charge in [-0.05, 0) is 26.0 Å². The lowest BCUT2D eigenvalue weighted by Gasteiger charge is -2.27. The molecule has 2 aliphatic rings. The minimum absolute atomic E-state index is 0.241. The average Bonchev–Trinajstić information content (AvgIpc) is 2.92. The minimum Gasteiger partial charge on any atom is -0.480 e. The molecule has 0 unspecified atom stereocenters. The number of hydrogen-bond donors (Lipinski definition) is 1. The lowest BCUT2D eigenvalue weighted by Crippen LogP contribution is -2.50. The van der Waals surface area contributed by atoms with Crippen molar-refractivity contribution in [2.45, 2.75) is 30.0 Å². The predicted octanol–water partition coefficient (Wildman–Crippen LogP) is 1.66. The Morgan fingerprint density at radius 3 is 2.23 bits per heavy atom.